The Kier molecular flexibility index (Phi) is 4.57. The lowest BCUT2D eigenvalue weighted by atomic mass is 10.0. The summed E-state index contributed by atoms with van der Waals surface area (Å²) in [6.45, 7) is -3.20. The third-order valence-corrected chi connectivity index (χ3v) is 2.19. The number of nitriles is 1. The van der Waals surface area contributed by atoms with E-state index in [-0.39, 0.29) is 17.7 Å². The van der Waals surface area contributed by atoms with Gasteiger partial charge in [0.15, 0.2) is 5.75 Å². The topological polar surface area (TPSA) is 85.3 Å². The molecule has 0 saturated carbocycles. The van der Waals surface area contributed by atoms with Gasteiger partial charge >= 0.3 is 12.6 Å². The fourth-order valence-corrected chi connectivity index (χ4v) is 1.40. The van der Waals surface area contributed by atoms with E-state index in [2.05, 4.69) is 9.47 Å². The Morgan fingerprint density at radius 2 is 2.22 bits per heavy atom. The molecule has 5 nitrogen and oxygen atoms in total. The highest BCUT2D eigenvalue weighted by Gasteiger charge is 2.22. The first-order valence-electron chi connectivity index (χ1n) is 4.84. The van der Waals surface area contributed by atoms with E-state index in [4.69, 9.17) is 11.0 Å². The quantitative estimate of drug-likeness (QED) is 0.823. The first-order valence-corrected chi connectivity index (χ1v) is 4.84. The van der Waals surface area contributed by atoms with E-state index in [1.165, 1.54) is 12.1 Å². The summed E-state index contributed by atoms with van der Waals surface area (Å²) in [6.07, 6.45) is 0. The third-order valence-electron chi connectivity index (χ3n) is 2.19. The molecule has 0 amide bonds. The van der Waals surface area contributed by atoms with Crippen LogP contribution in [0.3, 0.4) is 0 Å². The van der Waals surface area contributed by atoms with Crippen LogP contribution < -0.4 is 10.5 Å². The largest absolute Gasteiger partial charge is 0.465 e. The van der Waals surface area contributed by atoms with Gasteiger partial charge in [0.25, 0.3) is 0 Å². The van der Waals surface area contributed by atoms with Crippen molar-refractivity contribution < 1.29 is 23.0 Å². The fourth-order valence-electron chi connectivity index (χ4n) is 1.40. The lowest BCUT2D eigenvalue weighted by molar-refractivity contribution is -0.0506. The Bertz CT molecular complexity index is 498. The number of carbonyl (C=O) groups is 1. The van der Waals surface area contributed by atoms with Crippen molar-refractivity contribution in [2.24, 2.45) is 5.73 Å². The minimum absolute atomic E-state index is 0.0378. The summed E-state index contributed by atoms with van der Waals surface area (Å²) in [4.78, 5) is 11.4. The number of benzene rings is 1. The predicted octanol–water partition coefficient (Wildman–Crippen LogP) is 1.40. The molecular formula is C11H10F2N2O3. The van der Waals surface area contributed by atoms with Gasteiger partial charge in [0.2, 0.25) is 0 Å². The second-order valence-electron chi connectivity index (χ2n) is 3.16. The molecule has 0 bridgehead atoms. The highest BCUT2D eigenvalue weighted by Crippen LogP contribution is 2.29. The zero-order valence-corrected chi connectivity index (χ0v) is 9.44. The zero-order chi connectivity index (χ0) is 13.7. The highest BCUT2D eigenvalue weighted by molar-refractivity contribution is 5.93. The van der Waals surface area contributed by atoms with Crippen molar-refractivity contribution in [3.05, 3.63) is 28.8 Å². The molecule has 0 heterocycles. The van der Waals surface area contributed by atoms with E-state index in [1.54, 1.807) is 6.07 Å². The van der Waals surface area contributed by atoms with Gasteiger partial charge < -0.3 is 15.2 Å². The average molecular weight is 256 g/mol. The number of ether oxygens (including phenoxy) is 2. The monoisotopic (exact) mass is 256 g/mol. The summed E-state index contributed by atoms with van der Waals surface area (Å²) < 4.78 is 33.3. The van der Waals surface area contributed by atoms with Crippen LogP contribution in [0.5, 0.6) is 5.75 Å². The molecule has 0 aliphatic rings. The summed E-state index contributed by atoms with van der Waals surface area (Å²) in [7, 11) is 1.09. The van der Waals surface area contributed by atoms with E-state index >= 15 is 0 Å². The fraction of sp³-hybridized carbons (Fsp3) is 0.273. The van der Waals surface area contributed by atoms with Crippen LogP contribution in [-0.4, -0.2) is 19.7 Å². The molecule has 0 unspecified atom stereocenters. The van der Waals surface area contributed by atoms with Crippen molar-refractivity contribution in [2.75, 3.05) is 7.11 Å². The van der Waals surface area contributed by atoms with Gasteiger partial charge in [0.05, 0.1) is 12.7 Å². The van der Waals surface area contributed by atoms with Crippen LogP contribution in [0.2, 0.25) is 0 Å². The van der Waals surface area contributed by atoms with Gasteiger partial charge in [0.1, 0.15) is 11.6 Å². The molecule has 1 aromatic carbocycles. The summed E-state index contributed by atoms with van der Waals surface area (Å²) in [5.74, 6) is -1.38. The van der Waals surface area contributed by atoms with Gasteiger partial charge in [-0.05, 0) is 11.6 Å². The standard InChI is InChI=1S/C11H10F2N2O3/c1-17-10(16)7-3-2-6(4-14)8(5-15)9(7)18-11(12)13/h2-3,11H,4,14H2,1H3. The van der Waals surface area contributed by atoms with E-state index in [9.17, 15) is 13.6 Å². The van der Waals surface area contributed by atoms with Gasteiger partial charge in [0, 0.05) is 6.54 Å². The van der Waals surface area contributed by atoms with Crippen molar-refractivity contribution in [1.82, 2.24) is 0 Å². The first kappa shape index (κ1) is 13.9. The molecular weight excluding hydrogens is 246 g/mol. The van der Waals surface area contributed by atoms with E-state index in [0.717, 1.165) is 7.11 Å². The SMILES string of the molecule is COC(=O)c1ccc(CN)c(C#N)c1OC(F)F. The average Bonchev–Trinajstić information content (AvgIpc) is 2.36. The van der Waals surface area contributed by atoms with Gasteiger partial charge in [-0.15, -0.1) is 0 Å². The molecule has 1 rings (SSSR count). The summed E-state index contributed by atoms with van der Waals surface area (Å²) in [6, 6.07) is 4.31. The van der Waals surface area contributed by atoms with Crippen molar-refractivity contribution in [2.45, 2.75) is 13.2 Å². The maximum Gasteiger partial charge on any atom is 0.387 e. The maximum absolute atomic E-state index is 12.3. The van der Waals surface area contributed by atoms with Crippen molar-refractivity contribution in [3.63, 3.8) is 0 Å². The molecule has 0 aromatic heterocycles. The second-order valence-corrected chi connectivity index (χ2v) is 3.16. The smallest absolute Gasteiger partial charge is 0.387 e. The number of nitrogens with two attached hydrogens (primary N) is 1. The van der Waals surface area contributed by atoms with Crippen LogP contribution in [0.4, 0.5) is 8.78 Å². The van der Waals surface area contributed by atoms with Crippen LogP contribution in [0.25, 0.3) is 0 Å². The number of halogens is 2. The molecule has 96 valence electrons. The number of nitrogens with zero attached hydrogens (tertiary/aromatic N) is 1. The molecule has 0 saturated heterocycles. The number of hydrogen-bond acceptors (Lipinski definition) is 5. The van der Waals surface area contributed by atoms with Crippen LogP contribution in [-0.2, 0) is 11.3 Å². The molecule has 2 N–H and O–H groups in total. The first-order chi connectivity index (χ1) is 8.54. The van der Waals surface area contributed by atoms with Crippen LogP contribution in [0.15, 0.2) is 12.1 Å². The molecule has 0 atom stereocenters. The Labute approximate surface area is 102 Å². The number of methoxy groups -OCH3 is 1. The summed E-state index contributed by atoms with van der Waals surface area (Å²) in [5, 5.41) is 8.94. The lowest BCUT2D eigenvalue weighted by Crippen LogP contribution is -2.13. The Morgan fingerprint density at radius 1 is 1.56 bits per heavy atom. The molecule has 7 heteroatoms. The van der Waals surface area contributed by atoms with E-state index in [1.807, 2.05) is 0 Å². The zero-order valence-electron chi connectivity index (χ0n) is 9.44. The molecule has 1 aromatic rings. The van der Waals surface area contributed by atoms with Gasteiger partial charge in [-0.25, -0.2) is 4.79 Å². The minimum Gasteiger partial charge on any atom is -0.465 e. The molecule has 0 radical (unpaired) electrons. The Hall–Kier alpha value is -2.20. The summed E-state index contributed by atoms with van der Waals surface area (Å²) in [5.41, 5.74) is 5.24. The highest BCUT2D eigenvalue weighted by atomic mass is 19.3. The Morgan fingerprint density at radius 3 is 2.67 bits per heavy atom. The maximum atomic E-state index is 12.3. The number of rotatable bonds is 4. The van der Waals surface area contributed by atoms with Gasteiger partial charge in [-0.3, -0.25) is 0 Å². The van der Waals surface area contributed by atoms with Crippen molar-refractivity contribution in [3.8, 4) is 11.8 Å². The van der Waals surface area contributed by atoms with E-state index < -0.39 is 18.3 Å². The Balaban J connectivity index is 3.44. The second kappa shape index (κ2) is 5.93. The normalized spacial score (nSPS) is 10.0. The molecule has 0 fully saturated rings. The number of alkyl halides is 2. The lowest BCUT2D eigenvalue weighted by Gasteiger charge is -2.13. The number of esters is 1. The van der Waals surface area contributed by atoms with Crippen LogP contribution in [0.1, 0.15) is 21.5 Å². The van der Waals surface area contributed by atoms with Crippen LogP contribution in [0, 0.1) is 11.3 Å². The van der Waals surface area contributed by atoms with Crippen molar-refractivity contribution in [1.29, 1.82) is 5.26 Å². The van der Waals surface area contributed by atoms with E-state index in [0.29, 0.717) is 5.56 Å². The molecule has 0 aliphatic carbocycles. The molecule has 0 spiro atoms. The van der Waals surface area contributed by atoms with Gasteiger partial charge in [-0.2, -0.15) is 14.0 Å². The van der Waals surface area contributed by atoms with Crippen molar-refractivity contribution >= 4 is 5.97 Å². The number of hydrogen-bond donors (Lipinski definition) is 1. The molecule has 0 aliphatic heterocycles. The summed E-state index contributed by atoms with van der Waals surface area (Å²) >= 11 is 0. The minimum atomic E-state index is -3.16. The molecule has 18 heavy (non-hydrogen) atoms. The van der Waals surface area contributed by atoms with Crippen LogP contribution >= 0.6 is 0 Å². The number of carbonyl (C=O) groups excluding carboxylic acids is 1. The van der Waals surface area contributed by atoms with Gasteiger partial charge in [-0.1, -0.05) is 6.07 Å². The predicted molar refractivity (Wildman–Crippen MR) is 57.0 cm³/mol. The third kappa shape index (κ3) is 2.73.